The topological polar surface area (TPSA) is 59.6 Å². The van der Waals surface area contributed by atoms with Gasteiger partial charge in [-0.25, -0.2) is 0 Å². The second kappa shape index (κ2) is 6.36. The van der Waals surface area contributed by atoms with Crippen molar-refractivity contribution < 1.29 is 14.3 Å². The molecule has 0 bridgehead atoms. The van der Waals surface area contributed by atoms with E-state index >= 15 is 0 Å². The number of ether oxygens (including phenoxy) is 2. The van der Waals surface area contributed by atoms with Crippen LogP contribution in [0.25, 0.3) is 10.8 Å². The smallest absolute Gasteiger partial charge is 0.246 e. The van der Waals surface area contributed by atoms with Gasteiger partial charge in [-0.05, 0) is 42.0 Å². The van der Waals surface area contributed by atoms with Crippen LogP contribution in [0.2, 0.25) is 0 Å². The maximum atomic E-state index is 12.4. The summed E-state index contributed by atoms with van der Waals surface area (Å²) in [5.74, 6) is 1.22. The molecule has 0 saturated carbocycles. The van der Waals surface area contributed by atoms with E-state index in [2.05, 4.69) is 22.8 Å². The lowest BCUT2D eigenvalue weighted by atomic mass is 10.1. The lowest BCUT2D eigenvalue weighted by Gasteiger charge is -2.16. The van der Waals surface area contributed by atoms with E-state index in [-0.39, 0.29) is 18.7 Å². The Morgan fingerprint density at radius 2 is 1.68 bits per heavy atom. The van der Waals surface area contributed by atoms with E-state index in [1.165, 1.54) is 5.39 Å². The third-order valence-electron chi connectivity index (χ3n) is 4.17. The van der Waals surface area contributed by atoms with Gasteiger partial charge in [-0.1, -0.05) is 30.3 Å². The number of carbonyl (C=O) groups excluding carboxylic acids is 1. The van der Waals surface area contributed by atoms with Crippen molar-refractivity contribution in [3.05, 3.63) is 60.7 Å². The molecule has 1 heterocycles. The van der Waals surface area contributed by atoms with Gasteiger partial charge in [-0.15, -0.1) is 0 Å². The van der Waals surface area contributed by atoms with Crippen molar-refractivity contribution in [2.45, 2.75) is 13.0 Å². The maximum absolute atomic E-state index is 12.4. The fourth-order valence-electron chi connectivity index (χ4n) is 2.82. The van der Waals surface area contributed by atoms with Gasteiger partial charge in [0.25, 0.3) is 0 Å². The molecule has 0 aliphatic carbocycles. The van der Waals surface area contributed by atoms with E-state index in [1.807, 2.05) is 37.3 Å². The van der Waals surface area contributed by atoms with Gasteiger partial charge in [-0.2, -0.15) is 0 Å². The molecule has 1 aliphatic heterocycles. The number of benzene rings is 3. The largest absolute Gasteiger partial charge is 0.454 e. The molecule has 0 radical (unpaired) electrons. The molecule has 3 aromatic carbocycles. The number of hydrogen-bond acceptors (Lipinski definition) is 4. The molecule has 1 amide bonds. The highest BCUT2D eigenvalue weighted by Gasteiger charge is 2.17. The van der Waals surface area contributed by atoms with Crippen LogP contribution in [0.15, 0.2) is 60.7 Å². The molecule has 0 saturated heterocycles. The predicted molar refractivity (Wildman–Crippen MR) is 98.2 cm³/mol. The zero-order valence-corrected chi connectivity index (χ0v) is 13.8. The third-order valence-corrected chi connectivity index (χ3v) is 4.17. The summed E-state index contributed by atoms with van der Waals surface area (Å²) in [5, 5.41) is 8.44. The summed E-state index contributed by atoms with van der Waals surface area (Å²) in [6.45, 7) is 2.05. The molecular formula is C20H18N2O3. The lowest BCUT2D eigenvalue weighted by Crippen LogP contribution is -2.31. The Labute approximate surface area is 145 Å². The Kier molecular flexibility index (Phi) is 3.90. The number of rotatable bonds is 4. The SMILES string of the molecule is CC(Nc1ccc2ccccc2c1)C(=O)Nc1ccc2c(c1)OCO2. The van der Waals surface area contributed by atoms with Crippen molar-refractivity contribution in [1.29, 1.82) is 0 Å². The molecule has 0 aromatic heterocycles. The van der Waals surface area contributed by atoms with Crippen molar-refractivity contribution in [1.82, 2.24) is 0 Å². The summed E-state index contributed by atoms with van der Waals surface area (Å²) >= 11 is 0. The van der Waals surface area contributed by atoms with E-state index < -0.39 is 0 Å². The molecule has 2 N–H and O–H groups in total. The number of carbonyl (C=O) groups is 1. The highest BCUT2D eigenvalue weighted by Crippen LogP contribution is 2.34. The number of nitrogens with one attached hydrogen (secondary N) is 2. The van der Waals surface area contributed by atoms with Gasteiger partial charge in [-0.3, -0.25) is 4.79 Å². The molecule has 1 atom stereocenters. The number of amides is 1. The first-order valence-electron chi connectivity index (χ1n) is 8.15. The first kappa shape index (κ1) is 15.3. The molecule has 0 spiro atoms. The van der Waals surface area contributed by atoms with Gasteiger partial charge in [0.1, 0.15) is 6.04 Å². The van der Waals surface area contributed by atoms with Crippen LogP contribution in [0.3, 0.4) is 0 Å². The third kappa shape index (κ3) is 3.21. The molecule has 4 rings (SSSR count). The minimum absolute atomic E-state index is 0.118. The summed E-state index contributed by atoms with van der Waals surface area (Å²) < 4.78 is 10.6. The van der Waals surface area contributed by atoms with Gasteiger partial charge >= 0.3 is 0 Å². The maximum Gasteiger partial charge on any atom is 0.246 e. The van der Waals surface area contributed by atoms with E-state index in [0.29, 0.717) is 17.2 Å². The Morgan fingerprint density at radius 3 is 2.56 bits per heavy atom. The molecule has 5 nitrogen and oxygen atoms in total. The Bertz CT molecular complexity index is 939. The predicted octanol–water partition coefficient (Wildman–Crippen LogP) is 4.01. The van der Waals surface area contributed by atoms with Crippen LogP contribution in [-0.4, -0.2) is 18.7 Å². The molecule has 5 heteroatoms. The van der Waals surface area contributed by atoms with E-state index in [4.69, 9.17) is 9.47 Å². The molecule has 1 aliphatic rings. The molecule has 0 fully saturated rings. The average molecular weight is 334 g/mol. The van der Waals surface area contributed by atoms with Crippen molar-refractivity contribution in [3.8, 4) is 11.5 Å². The molecule has 3 aromatic rings. The minimum atomic E-state index is -0.383. The van der Waals surface area contributed by atoms with Gasteiger partial charge in [0.15, 0.2) is 11.5 Å². The fourth-order valence-corrected chi connectivity index (χ4v) is 2.82. The van der Waals surface area contributed by atoms with Gasteiger partial charge in [0.2, 0.25) is 12.7 Å². The molecule has 25 heavy (non-hydrogen) atoms. The summed E-state index contributed by atoms with van der Waals surface area (Å²) in [6.07, 6.45) is 0. The van der Waals surface area contributed by atoms with Crippen molar-refractivity contribution >= 4 is 28.1 Å². The Balaban J connectivity index is 1.44. The van der Waals surface area contributed by atoms with Crippen LogP contribution in [0.1, 0.15) is 6.92 Å². The number of hydrogen-bond donors (Lipinski definition) is 2. The Morgan fingerprint density at radius 1 is 0.920 bits per heavy atom. The molecular weight excluding hydrogens is 316 g/mol. The first-order valence-corrected chi connectivity index (χ1v) is 8.15. The molecule has 1 unspecified atom stereocenters. The summed E-state index contributed by atoms with van der Waals surface area (Å²) in [6, 6.07) is 19.2. The van der Waals surface area contributed by atoms with Crippen LogP contribution in [0, 0.1) is 0 Å². The van der Waals surface area contributed by atoms with Gasteiger partial charge in [0, 0.05) is 17.4 Å². The lowest BCUT2D eigenvalue weighted by molar-refractivity contribution is -0.116. The Hall–Kier alpha value is -3.21. The quantitative estimate of drug-likeness (QED) is 0.757. The summed E-state index contributed by atoms with van der Waals surface area (Å²) in [4.78, 5) is 12.4. The van der Waals surface area contributed by atoms with Gasteiger partial charge < -0.3 is 20.1 Å². The minimum Gasteiger partial charge on any atom is -0.454 e. The zero-order valence-electron chi connectivity index (χ0n) is 13.8. The molecule has 126 valence electrons. The second-order valence-corrected chi connectivity index (χ2v) is 5.99. The highest BCUT2D eigenvalue weighted by molar-refractivity contribution is 5.97. The van der Waals surface area contributed by atoms with Crippen LogP contribution in [-0.2, 0) is 4.79 Å². The summed E-state index contributed by atoms with van der Waals surface area (Å²) in [5.41, 5.74) is 1.59. The van der Waals surface area contributed by atoms with Crippen molar-refractivity contribution in [2.24, 2.45) is 0 Å². The normalized spacial score (nSPS) is 13.5. The highest BCUT2D eigenvalue weighted by atomic mass is 16.7. The second-order valence-electron chi connectivity index (χ2n) is 5.99. The average Bonchev–Trinajstić information content (AvgIpc) is 3.09. The standard InChI is InChI=1S/C20H18N2O3/c1-13(21-16-7-6-14-4-2-3-5-15(14)10-16)20(23)22-17-8-9-18-19(11-17)25-12-24-18/h2-11,13,21H,12H2,1H3,(H,22,23). The first-order chi connectivity index (χ1) is 12.2. The zero-order chi connectivity index (χ0) is 17.2. The van der Waals surface area contributed by atoms with E-state index in [1.54, 1.807) is 18.2 Å². The van der Waals surface area contributed by atoms with Crippen molar-refractivity contribution in [2.75, 3.05) is 17.4 Å². The van der Waals surface area contributed by atoms with Crippen molar-refractivity contribution in [3.63, 3.8) is 0 Å². The van der Waals surface area contributed by atoms with E-state index in [0.717, 1.165) is 11.1 Å². The van der Waals surface area contributed by atoms with Crippen LogP contribution >= 0.6 is 0 Å². The number of fused-ring (bicyclic) bond motifs is 2. The van der Waals surface area contributed by atoms with Crippen LogP contribution in [0.5, 0.6) is 11.5 Å². The van der Waals surface area contributed by atoms with Gasteiger partial charge in [0.05, 0.1) is 0 Å². The van der Waals surface area contributed by atoms with Crippen LogP contribution in [0.4, 0.5) is 11.4 Å². The fraction of sp³-hybridized carbons (Fsp3) is 0.150. The number of anilines is 2. The summed E-state index contributed by atoms with van der Waals surface area (Å²) in [7, 11) is 0. The van der Waals surface area contributed by atoms with E-state index in [9.17, 15) is 4.79 Å². The van der Waals surface area contributed by atoms with Crippen LogP contribution < -0.4 is 20.1 Å². The monoisotopic (exact) mass is 334 g/mol.